The van der Waals surface area contributed by atoms with Crippen molar-refractivity contribution in [1.82, 2.24) is 9.80 Å². The molecule has 3 unspecified atom stereocenters. The molecule has 2 aliphatic rings. The van der Waals surface area contributed by atoms with Crippen LogP contribution in [0.1, 0.15) is 53.9 Å². The Bertz CT molecular complexity index is 333. The predicted molar refractivity (Wildman–Crippen MR) is 103 cm³/mol. The maximum atomic E-state index is 5.47. The number of hydrogen-bond donors (Lipinski definition) is 0. The zero-order chi connectivity index (χ0) is 17.5. The molecule has 0 aromatic rings. The van der Waals surface area contributed by atoms with E-state index in [1.165, 1.54) is 45.4 Å². The lowest BCUT2D eigenvalue weighted by atomic mass is 9.82. The third kappa shape index (κ3) is 6.65. The van der Waals surface area contributed by atoms with Crippen molar-refractivity contribution in [3.8, 4) is 0 Å². The van der Waals surface area contributed by atoms with Gasteiger partial charge in [0.1, 0.15) is 0 Å². The molecule has 24 heavy (non-hydrogen) atoms. The smallest absolute Gasteiger partial charge is 0.0594 e. The normalized spacial score (nSPS) is 25.8. The van der Waals surface area contributed by atoms with Crippen LogP contribution < -0.4 is 0 Å². The number of piperidine rings is 1. The third-order valence-corrected chi connectivity index (χ3v) is 6.72. The Morgan fingerprint density at radius 2 is 1.29 bits per heavy atom. The number of morpholine rings is 1. The van der Waals surface area contributed by atoms with Gasteiger partial charge in [0.2, 0.25) is 0 Å². The van der Waals surface area contributed by atoms with Crippen LogP contribution in [0.25, 0.3) is 0 Å². The molecular weight excluding hydrogens is 296 g/mol. The van der Waals surface area contributed by atoms with E-state index in [9.17, 15) is 0 Å². The summed E-state index contributed by atoms with van der Waals surface area (Å²) in [7, 11) is 0. The van der Waals surface area contributed by atoms with Gasteiger partial charge in [0.05, 0.1) is 13.2 Å². The van der Waals surface area contributed by atoms with Gasteiger partial charge >= 0.3 is 0 Å². The van der Waals surface area contributed by atoms with Crippen LogP contribution in [-0.4, -0.2) is 62.3 Å². The minimum atomic E-state index is 0.807. The topological polar surface area (TPSA) is 15.7 Å². The summed E-state index contributed by atoms with van der Waals surface area (Å²) in [5, 5.41) is 0. The summed E-state index contributed by atoms with van der Waals surface area (Å²) in [5.41, 5.74) is 0. The van der Waals surface area contributed by atoms with Crippen molar-refractivity contribution < 1.29 is 4.74 Å². The first kappa shape index (κ1) is 20.2. The lowest BCUT2D eigenvalue weighted by molar-refractivity contribution is 0.0264. The minimum Gasteiger partial charge on any atom is -0.379 e. The molecule has 0 spiro atoms. The summed E-state index contributed by atoms with van der Waals surface area (Å²) in [4.78, 5) is 5.31. The van der Waals surface area contributed by atoms with Crippen LogP contribution in [0.4, 0.5) is 0 Å². The summed E-state index contributed by atoms with van der Waals surface area (Å²) in [6.45, 7) is 21.4. The maximum Gasteiger partial charge on any atom is 0.0594 e. The summed E-state index contributed by atoms with van der Waals surface area (Å²) >= 11 is 0. The second kappa shape index (κ2) is 10.1. The lowest BCUT2D eigenvalue weighted by Gasteiger charge is -2.37. The van der Waals surface area contributed by atoms with E-state index in [0.717, 1.165) is 55.9 Å². The highest BCUT2D eigenvalue weighted by Crippen LogP contribution is 2.29. The molecule has 2 aliphatic heterocycles. The van der Waals surface area contributed by atoms with Gasteiger partial charge in [0.15, 0.2) is 0 Å². The predicted octanol–water partition coefficient (Wildman–Crippen LogP) is 3.99. The van der Waals surface area contributed by atoms with Crippen molar-refractivity contribution in [3.63, 3.8) is 0 Å². The van der Waals surface area contributed by atoms with Crippen LogP contribution in [0.2, 0.25) is 0 Å². The molecule has 142 valence electrons. The zero-order valence-electron chi connectivity index (χ0n) is 17.0. The Kier molecular flexibility index (Phi) is 8.53. The highest BCUT2D eigenvalue weighted by atomic mass is 16.5. The van der Waals surface area contributed by atoms with E-state index in [-0.39, 0.29) is 0 Å². The van der Waals surface area contributed by atoms with Crippen molar-refractivity contribution in [2.45, 2.75) is 53.9 Å². The van der Waals surface area contributed by atoms with Crippen LogP contribution >= 0.6 is 0 Å². The highest BCUT2D eigenvalue weighted by molar-refractivity contribution is 4.78. The van der Waals surface area contributed by atoms with Gasteiger partial charge in [0, 0.05) is 26.2 Å². The largest absolute Gasteiger partial charge is 0.379 e. The fraction of sp³-hybridized carbons (Fsp3) is 1.00. The van der Waals surface area contributed by atoms with Gasteiger partial charge in [0.25, 0.3) is 0 Å². The number of ether oxygens (including phenoxy) is 1. The van der Waals surface area contributed by atoms with E-state index in [1.54, 1.807) is 0 Å². The first-order valence-electron chi connectivity index (χ1n) is 10.5. The van der Waals surface area contributed by atoms with E-state index in [1.807, 2.05) is 0 Å². The standard InChI is InChI=1S/C21H42N2O/c1-17(2)19(4)15-22-8-6-21(7-9-22)14-18(3)20(5)16-23-10-12-24-13-11-23/h17-21H,6-16H2,1-5H3. The van der Waals surface area contributed by atoms with Crippen molar-refractivity contribution in [2.75, 3.05) is 52.5 Å². The first-order chi connectivity index (χ1) is 11.5. The lowest BCUT2D eigenvalue weighted by Crippen LogP contribution is -2.40. The van der Waals surface area contributed by atoms with E-state index < -0.39 is 0 Å². The fourth-order valence-electron chi connectivity index (χ4n) is 4.15. The highest BCUT2D eigenvalue weighted by Gasteiger charge is 2.25. The monoisotopic (exact) mass is 338 g/mol. The molecule has 0 aliphatic carbocycles. The maximum absolute atomic E-state index is 5.47. The molecule has 0 bridgehead atoms. The molecule has 0 amide bonds. The molecule has 0 aromatic carbocycles. The molecule has 2 fully saturated rings. The summed E-state index contributed by atoms with van der Waals surface area (Å²) in [6.07, 6.45) is 4.26. The van der Waals surface area contributed by atoms with Crippen molar-refractivity contribution >= 4 is 0 Å². The first-order valence-corrected chi connectivity index (χ1v) is 10.5. The molecule has 2 heterocycles. The second-order valence-electron chi connectivity index (χ2n) is 9.07. The molecule has 0 N–H and O–H groups in total. The average Bonchev–Trinajstić information content (AvgIpc) is 2.57. The molecule has 3 atom stereocenters. The quantitative estimate of drug-likeness (QED) is 0.666. The van der Waals surface area contributed by atoms with E-state index in [0.29, 0.717) is 0 Å². The average molecular weight is 339 g/mol. The Morgan fingerprint density at radius 1 is 0.750 bits per heavy atom. The van der Waals surface area contributed by atoms with Crippen molar-refractivity contribution in [2.24, 2.45) is 29.6 Å². The van der Waals surface area contributed by atoms with Gasteiger partial charge in [-0.15, -0.1) is 0 Å². The SMILES string of the molecule is CC(C)C(C)CN1CCC(CC(C)C(C)CN2CCOCC2)CC1. The molecule has 2 rings (SSSR count). The Morgan fingerprint density at radius 3 is 1.88 bits per heavy atom. The molecule has 0 aromatic heterocycles. The van der Waals surface area contributed by atoms with Gasteiger partial charge in [-0.2, -0.15) is 0 Å². The van der Waals surface area contributed by atoms with Crippen molar-refractivity contribution in [1.29, 1.82) is 0 Å². The molecule has 3 heteroatoms. The Labute approximate surface area is 151 Å². The summed E-state index contributed by atoms with van der Waals surface area (Å²) in [6, 6.07) is 0. The van der Waals surface area contributed by atoms with Crippen LogP contribution in [-0.2, 0) is 4.74 Å². The number of hydrogen-bond acceptors (Lipinski definition) is 3. The number of rotatable bonds is 8. The van der Waals surface area contributed by atoms with E-state index >= 15 is 0 Å². The zero-order valence-corrected chi connectivity index (χ0v) is 17.0. The summed E-state index contributed by atoms with van der Waals surface area (Å²) in [5.74, 6) is 4.25. The summed E-state index contributed by atoms with van der Waals surface area (Å²) < 4.78 is 5.47. The fourth-order valence-corrected chi connectivity index (χ4v) is 4.15. The Balaban J connectivity index is 1.65. The van der Waals surface area contributed by atoms with Gasteiger partial charge < -0.3 is 9.64 Å². The van der Waals surface area contributed by atoms with E-state index in [2.05, 4.69) is 44.4 Å². The molecule has 0 radical (unpaired) electrons. The van der Waals surface area contributed by atoms with Crippen LogP contribution in [0, 0.1) is 29.6 Å². The molecule has 0 saturated carbocycles. The number of nitrogens with zero attached hydrogens (tertiary/aromatic N) is 2. The van der Waals surface area contributed by atoms with Crippen molar-refractivity contribution in [3.05, 3.63) is 0 Å². The van der Waals surface area contributed by atoms with Gasteiger partial charge in [-0.05, 0) is 61.9 Å². The van der Waals surface area contributed by atoms with Crippen LogP contribution in [0.5, 0.6) is 0 Å². The third-order valence-electron chi connectivity index (χ3n) is 6.72. The van der Waals surface area contributed by atoms with E-state index in [4.69, 9.17) is 4.74 Å². The molecular formula is C21H42N2O. The van der Waals surface area contributed by atoms with Gasteiger partial charge in [-0.3, -0.25) is 4.90 Å². The second-order valence-corrected chi connectivity index (χ2v) is 9.07. The molecule has 2 saturated heterocycles. The van der Waals surface area contributed by atoms with Crippen LogP contribution in [0.15, 0.2) is 0 Å². The Hall–Kier alpha value is -0.120. The minimum absolute atomic E-state index is 0.807. The number of likely N-dealkylation sites (tertiary alicyclic amines) is 1. The molecule has 3 nitrogen and oxygen atoms in total. The van der Waals surface area contributed by atoms with Gasteiger partial charge in [-0.25, -0.2) is 0 Å². The van der Waals surface area contributed by atoms with Gasteiger partial charge in [-0.1, -0.05) is 34.6 Å². The van der Waals surface area contributed by atoms with Crippen LogP contribution in [0.3, 0.4) is 0 Å².